The summed E-state index contributed by atoms with van der Waals surface area (Å²) in [5.41, 5.74) is 0.336. The van der Waals surface area contributed by atoms with Crippen LogP contribution in [0.1, 0.15) is 19.4 Å². The molecule has 0 aromatic heterocycles. The van der Waals surface area contributed by atoms with E-state index in [1.54, 1.807) is 0 Å². The highest BCUT2D eigenvalue weighted by atomic mass is 16.5. The zero-order chi connectivity index (χ0) is 14.6. The minimum Gasteiger partial charge on any atom is -0.376 e. The van der Waals surface area contributed by atoms with E-state index in [1.165, 1.54) is 0 Å². The number of nitrogens with zero attached hydrogens (tertiary/aromatic N) is 2. The molecule has 1 N–H and O–H groups in total. The van der Waals surface area contributed by atoms with Crippen molar-refractivity contribution < 1.29 is 4.74 Å². The lowest BCUT2D eigenvalue weighted by Crippen LogP contribution is -2.55. The summed E-state index contributed by atoms with van der Waals surface area (Å²) < 4.78 is 5.66. The summed E-state index contributed by atoms with van der Waals surface area (Å²) >= 11 is 0. The number of ether oxygens (including phenoxy) is 1. The molecule has 4 nitrogen and oxygen atoms in total. The number of nitrogens with one attached hydrogen (secondary N) is 1. The molecule has 108 valence electrons. The molecule has 0 amide bonds. The Balaban J connectivity index is 2.23. The number of hydrogen-bond donors (Lipinski definition) is 1. The van der Waals surface area contributed by atoms with Gasteiger partial charge in [-0.1, -0.05) is 30.3 Å². The highest BCUT2D eigenvalue weighted by Gasteiger charge is 2.36. The monoisotopic (exact) mass is 273 g/mol. The van der Waals surface area contributed by atoms with Crippen LogP contribution in [0, 0.1) is 11.3 Å². The van der Waals surface area contributed by atoms with E-state index >= 15 is 0 Å². The van der Waals surface area contributed by atoms with Crippen LogP contribution < -0.4 is 5.32 Å². The van der Waals surface area contributed by atoms with Gasteiger partial charge in [0.2, 0.25) is 0 Å². The van der Waals surface area contributed by atoms with Gasteiger partial charge in [0.15, 0.2) is 0 Å². The molecular weight excluding hydrogens is 250 g/mol. The largest absolute Gasteiger partial charge is 0.376 e. The third-order valence-corrected chi connectivity index (χ3v) is 4.06. The summed E-state index contributed by atoms with van der Waals surface area (Å²) in [5.74, 6) is 0. The molecule has 3 atom stereocenters. The number of morpholine rings is 1. The van der Waals surface area contributed by atoms with Gasteiger partial charge >= 0.3 is 0 Å². The predicted octanol–water partition coefficient (Wildman–Crippen LogP) is 1.73. The standard InChI is InChI=1S/C16H23N3O/c1-13-10-20-14(2)9-19(13)12-16(11-17,18-3)15-7-5-4-6-8-15/h4-8,13-14,18H,9-10,12H2,1-3H3. The normalized spacial score (nSPS) is 26.7. The Kier molecular flexibility index (Phi) is 4.77. The summed E-state index contributed by atoms with van der Waals surface area (Å²) in [6, 6.07) is 12.7. The van der Waals surface area contributed by atoms with Gasteiger partial charge in [-0.05, 0) is 26.5 Å². The zero-order valence-corrected chi connectivity index (χ0v) is 12.5. The molecule has 3 unspecified atom stereocenters. The van der Waals surface area contributed by atoms with E-state index in [0.29, 0.717) is 12.6 Å². The summed E-state index contributed by atoms with van der Waals surface area (Å²) in [6.45, 7) is 6.47. The molecule has 1 saturated heterocycles. The predicted molar refractivity (Wildman–Crippen MR) is 79.2 cm³/mol. The lowest BCUT2D eigenvalue weighted by molar-refractivity contribution is -0.0552. The number of benzene rings is 1. The Morgan fingerprint density at radius 1 is 1.40 bits per heavy atom. The maximum absolute atomic E-state index is 9.74. The molecule has 0 spiro atoms. The van der Waals surface area contributed by atoms with Crippen LogP contribution in [0.15, 0.2) is 30.3 Å². The Bertz CT molecular complexity index is 470. The first-order chi connectivity index (χ1) is 9.61. The van der Waals surface area contributed by atoms with Crippen molar-refractivity contribution in [3.8, 4) is 6.07 Å². The Morgan fingerprint density at radius 2 is 2.10 bits per heavy atom. The smallest absolute Gasteiger partial charge is 0.144 e. The van der Waals surface area contributed by atoms with E-state index in [1.807, 2.05) is 37.4 Å². The number of nitriles is 1. The fourth-order valence-electron chi connectivity index (χ4n) is 2.69. The van der Waals surface area contributed by atoms with Crippen LogP contribution in [0.3, 0.4) is 0 Å². The molecule has 1 aromatic carbocycles. The molecule has 0 bridgehead atoms. The molecule has 0 radical (unpaired) electrons. The molecular formula is C16H23N3O. The quantitative estimate of drug-likeness (QED) is 0.907. The highest BCUT2D eigenvalue weighted by Crippen LogP contribution is 2.24. The van der Waals surface area contributed by atoms with Crippen molar-refractivity contribution >= 4 is 0 Å². The van der Waals surface area contributed by atoms with Gasteiger partial charge in [0.25, 0.3) is 0 Å². The molecule has 1 heterocycles. The minimum atomic E-state index is -0.674. The Hall–Kier alpha value is -1.41. The van der Waals surface area contributed by atoms with Crippen LogP contribution in [0.5, 0.6) is 0 Å². The van der Waals surface area contributed by atoms with Gasteiger partial charge in [-0.2, -0.15) is 5.26 Å². The van der Waals surface area contributed by atoms with Crippen molar-refractivity contribution in [3.05, 3.63) is 35.9 Å². The molecule has 0 saturated carbocycles. The molecule has 2 rings (SSSR count). The SMILES string of the molecule is CNC(C#N)(CN1CC(C)OCC1C)c1ccccc1. The summed E-state index contributed by atoms with van der Waals surface area (Å²) in [6.07, 6.45) is 0.218. The molecule has 20 heavy (non-hydrogen) atoms. The average Bonchev–Trinajstić information content (AvgIpc) is 2.49. The van der Waals surface area contributed by atoms with E-state index in [2.05, 4.69) is 30.1 Å². The summed E-state index contributed by atoms with van der Waals surface area (Å²) in [4.78, 5) is 2.33. The van der Waals surface area contributed by atoms with Crippen molar-refractivity contribution in [1.82, 2.24) is 10.2 Å². The van der Waals surface area contributed by atoms with Crippen molar-refractivity contribution in [3.63, 3.8) is 0 Å². The molecule has 4 heteroatoms. The van der Waals surface area contributed by atoms with Crippen LogP contribution >= 0.6 is 0 Å². The van der Waals surface area contributed by atoms with Gasteiger partial charge in [-0.3, -0.25) is 10.2 Å². The van der Waals surface area contributed by atoms with E-state index < -0.39 is 5.54 Å². The van der Waals surface area contributed by atoms with Crippen LogP contribution in [-0.2, 0) is 10.3 Å². The molecule has 1 aromatic rings. The second kappa shape index (κ2) is 6.36. The molecule has 0 aliphatic carbocycles. The van der Waals surface area contributed by atoms with Crippen LogP contribution in [0.2, 0.25) is 0 Å². The maximum atomic E-state index is 9.74. The van der Waals surface area contributed by atoms with E-state index in [-0.39, 0.29) is 6.10 Å². The van der Waals surface area contributed by atoms with Gasteiger partial charge in [-0.15, -0.1) is 0 Å². The lowest BCUT2D eigenvalue weighted by Gasteiger charge is -2.41. The van der Waals surface area contributed by atoms with Crippen LogP contribution in [-0.4, -0.2) is 43.8 Å². The Morgan fingerprint density at radius 3 is 2.70 bits per heavy atom. The molecule has 1 fully saturated rings. The third kappa shape index (κ3) is 3.01. The minimum absolute atomic E-state index is 0.218. The number of likely N-dealkylation sites (N-methyl/N-ethyl adjacent to an activating group) is 1. The lowest BCUT2D eigenvalue weighted by atomic mass is 9.90. The van der Waals surface area contributed by atoms with Gasteiger partial charge in [-0.25, -0.2) is 0 Å². The summed E-state index contributed by atoms with van der Waals surface area (Å²) in [7, 11) is 1.85. The van der Waals surface area contributed by atoms with E-state index in [0.717, 1.165) is 18.7 Å². The number of rotatable bonds is 4. The maximum Gasteiger partial charge on any atom is 0.144 e. The zero-order valence-electron chi connectivity index (χ0n) is 12.5. The third-order valence-electron chi connectivity index (χ3n) is 4.06. The second-order valence-electron chi connectivity index (χ2n) is 5.56. The molecule has 1 aliphatic heterocycles. The number of hydrogen-bond acceptors (Lipinski definition) is 4. The van der Waals surface area contributed by atoms with Gasteiger partial charge in [0.1, 0.15) is 5.54 Å². The fraction of sp³-hybridized carbons (Fsp3) is 0.562. The van der Waals surface area contributed by atoms with Gasteiger partial charge < -0.3 is 4.74 Å². The van der Waals surface area contributed by atoms with Crippen LogP contribution in [0.4, 0.5) is 0 Å². The topological polar surface area (TPSA) is 48.3 Å². The van der Waals surface area contributed by atoms with Gasteiger partial charge in [0.05, 0.1) is 18.8 Å². The molecule has 1 aliphatic rings. The summed E-state index contributed by atoms with van der Waals surface area (Å²) in [5, 5.41) is 13.0. The highest BCUT2D eigenvalue weighted by molar-refractivity contribution is 5.32. The van der Waals surface area contributed by atoms with Crippen LogP contribution in [0.25, 0.3) is 0 Å². The first-order valence-corrected chi connectivity index (χ1v) is 7.12. The first kappa shape index (κ1) is 15.0. The van der Waals surface area contributed by atoms with Crippen molar-refractivity contribution in [2.45, 2.75) is 31.5 Å². The van der Waals surface area contributed by atoms with Crippen molar-refractivity contribution in [1.29, 1.82) is 5.26 Å². The van der Waals surface area contributed by atoms with Crippen molar-refractivity contribution in [2.24, 2.45) is 0 Å². The fourth-order valence-corrected chi connectivity index (χ4v) is 2.69. The average molecular weight is 273 g/mol. The second-order valence-corrected chi connectivity index (χ2v) is 5.56. The Labute approximate surface area is 121 Å². The first-order valence-electron chi connectivity index (χ1n) is 7.12. The van der Waals surface area contributed by atoms with Crippen molar-refractivity contribution in [2.75, 3.05) is 26.7 Å². The van der Waals surface area contributed by atoms with E-state index in [4.69, 9.17) is 4.74 Å². The van der Waals surface area contributed by atoms with Gasteiger partial charge in [0, 0.05) is 19.1 Å². The van der Waals surface area contributed by atoms with E-state index in [9.17, 15) is 5.26 Å².